The maximum atomic E-state index is 12.9. The smallest absolute Gasteiger partial charge is 0.293 e. The van der Waals surface area contributed by atoms with Crippen molar-refractivity contribution in [3.05, 3.63) is 65.9 Å². The summed E-state index contributed by atoms with van der Waals surface area (Å²) in [5.74, 6) is 0.107. The van der Waals surface area contributed by atoms with Gasteiger partial charge in [-0.3, -0.25) is 9.59 Å². The van der Waals surface area contributed by atoms with Crippen molar-refractivity contribution in [3.63, 3.8) is 0 Å². The lowest BCUT2D eigenvalue weighted by atomic mass is 10.1. The summed E-state index contributed by atoms with van der Waals surface area (Å²) in [6, 6.07) is 12.7. The number of nitrogens with zero attached hydrogens (tertiary/aromatic N) is 6. The molecule has 0 saturated carbocycles. The average molecular weight is 420 g/mol. The van der Waals surface area contributed by atoms with Crippen LogP contribution in [0.4, 0.5) is 0 Å². The minimum Gasteiger partial charge on any atom is -0.481 e. The first-order chi connectivity index (χ1) is 15.0. The van der Waals surface area contributed by atoms with Crippen molar-refractivity contribution >= 4 is 11.8 Å². The largest absolute Gasteiger partial charge is 0.481 e. The molecule has 4 rings (SSSR count). The predicted molar refractivity (Wildman–Crippen MR) is 113 cm³/mol. The monoisotopic (exact) mass is 420 g/mol. The van der Waals surface area contributed by atoms with Crippen molar-refractivity contribution in [2.75, 3.05) is 26.7 Å². The van der Waals surface area contributed by atoms with E-state index < -0.39 is 0 Å². The summed E-state index contributed by atoms with van der Waals surface area (Å²) in [7, 11) is 1.51. The number of hydrogen-bond donors (Lipinski definition) is 0. The zero-order chi connectivity index (χ0) is 22.0. The molecule has 1 aliphatic rings. The van der Waals surface area contributed by atoms with Gasteiger partial charge in [0.05, 0.1) is 12.8 Å². The number of aromatic nitrogens is 4. The molecule has 1 aromatic carbocycles. The molecule has 1 unspecified atom stereocenters. The number of pyridine rings is 1. The zero-order valence-corrected chi connectivity index (χ0v) is 17.7. The summed E-state index contributed by atoms with van der Waals surface area (Å²) in [5.41, 5.74) is 2.27. The van der Waals surface area contributed by atoms with Crippen LogP contribution in [0.3, 0.4) is 0 Å². The van der Waals surface area contributed by atoms with Crippen LogP contribution in [0.15, 0.2) is 48.8 Å². The molecule has 2 amide bonds. The lowest BCUT2D eigenvalue weighted by molar-refractivity contribution is 0.0404. The second-order valence-corrected chi connectivity index (χ2v) is 7.52. The molecule has 3 heterocycles. The van der Waals surface area contributed by atoms with Crippen LogP contribution in [0.5, 0.6) is 5.88 Å². The minimum atomic E-state index is -0.246. The zero-order valence-electron chi connectivity index (χ0n) is 17.7. The third-order valence-electron chi connectivity index (χ3n) is 5.28. The lowest BCUT2D eigenvalue weighted by Crippen LogP contribution is -2.55. The maximum Gasteiger partial charge on any atom is 0.293 e. The summed E-state index contributed by atoms with van der Waals surface area (Å²) >= 11 is 0. The topological polar surface area (TPSA) is 93.5 Å². The fourth-order valence-corrected chi connectivity index (χ4v) is 3.64. The number of rotatable bonds is 4. The van der Waals surface area contributed by atoms with E-state index in [2.05, 4.69) is 15.1 Å². The number of carbonyl (C=O) groups excluding carboxylic acids is 2. The molecule has 1 fully saturated rings. The van der Waals surface area contributed by atoms with E-state index in [-0.39, 0.29) is 23.7 Å². The Morgan fingerprint density at radius 3 is 2.65 bits per heavy atom. The van der Waals surface area contributed by atoms with Crippen molar-refractivity contribution < 1.29 is 14.3 Å². The van der Waals surface area contributed by atoms with Crippen LogP contribution in [0.2, 0.25) is 0 Å². The Morgan fingerprint density at radius 2 is 1.90 bits per heavy atom. The fraction of sp³-hybridized carbons (Fsp3) is 0.318. The highest BCUT2D eigenvalue weighted by molar-refractivity contribution is 5.93. The highest BCUT2D eigenvalue weighted by Gasteiger charge is 2.32. The molecule has 3 aromatic rings. The Labute approximate surface area is 180 Å². The van der Waals surface area contributed by atoms with Gasteiger partial charge in [-0.2, -0.15) is 0 Å². The van der Waals surface area contributed by atoms with Gasteiger partial charge >= 0.3 is 0 Å². The van der Waals surface area contributed by atoms with E-state index in [1.54, 1.807) is 39.0 Å². The van der Waals surface area contributed by atoms with E-state index >= 15 is 0 Å². The second-order valence-electron chi connectivity index (χ2n) is 7.52. The normalized spacial score (nSPS) is 16.3. The number of ether oxygens (including phenoxy) is 1. The van der Waals surface area contributed by atoms with E-state index in [1.807, 2.05) is 38.1 Å². The van der Waals surface area contributed by atoms with Crippen LogP contribution < -0.4 is 4.74 Å². The summed E-state index contributed by atoms with van der Waals surface area (Å²) in [6.07, 6.45) is 1.54. The molecule has 31 heavy (non-hydrogen) atoms. The molecule has 0 spiro atoms. The average Bonchev–Trinajstić information content (AvgIpc) is 3.28. The molecule has 0 aliphatic carbocycles. The first-order valence-corrected chi connectivity index (χ1v) is 10.1. The number of hydrogen-bond acceptors (Lipinski definition) is 6. The molecule has 0 N–H and O–H groups in total. The second kappa shape index (κ2) is 8.55. The van der Waals surface area contributed by atoms with Gasteiger partial charge in [0.25, 0.3) is 11.8 Å². The van der Waals surface area contributed by atoms with Gasteiger partial charge in [0, 0.05) is 31.7 Å². The molecule has 1 saturated heterocycles. The lowest BCUT2D eigenvalue weighted by Gasteiger charge is -2.39. The van der Waals surface area contributed by atoms with Crippen LogP contribution in [-0.4, -0.2) is 74.1 Å². The fourth-order valence-electron chi connectivity index (χ4n) is 3.64. The van der Waals surface area contributed by atoms with Gasteiger partial charge in [-0.05, 0) is 37.6 Å². The van der Waals surface area contributed by atoms with Crippen molar-refractivity contribution in [2.45, 2.75) is 19.9 Å². The number of piperazine rings is 1. The van der Waals surface area contributed by atoms with Crippen molar-refractivity contribution in [1.29, 1.82) is 0 Å². The third-order valence-corrected chi connectivity index (χ3v) is 5.28. The van der Waals surface area contributed by atoms with Gasteiger partial charge in [-0.1, -0.05) is 18.2 Å². The molecule has 0 bridgehead atoms. The van der Waals surface area contributed by atoms with Crippen molar-refractivity contribution in [1.82, 2.24) is 29.5 Å². The third kappa shape index (κ3) is 4.25. The quantitative estimate of drug-likeness (QED) is 0.641. The van der Waals surface area contributed by atoms with Gasteiger partial charge in [0.2, 0.25) is 11.7 Å². The Bertz CT molecular complexity index is 1110. The Balaban J connectivity index is 1.44. The Hall–Kier alpha value is -3.75. The molecule has 9 nitrogen and oxygen atoms in total. The van der Waals surface area contributed by atoms with Crippen LogP contribution in [0, 0.1) is 6.92 Å². The van der Waals surface area contributed by atoms with Gasteiger partial charge in [-0.15, -0.1) is 5.10 Å². The van der Waals surface area contributed by atoms with Crippen molar-refractivity contribution in [3.8, 4) is 11.6 Å². The number of amides is 2. The molecule has 9 heteroatoms. The standard InChI is InChI=1S/C22H24N6O3/c1-15-6-4-7-17(12-15)28-14-23-20(25-28)22(30)26-10-11-27(16(2)13-26)21(29)18-8-5-9-19(24-18)31-3/h4-9,12,14,16H,10-11,13H2,1-3H3. The van der Waals surface area contributed by atoms with E-state index in [9.17, 15) is 9.59 Å². The van der Waals surface area contributed by atoms with E-state index in [4.69, 9.17) is 4.74 Å². The van der Waals surface area contributed by atoms with Crippen molar-refractivity contribution in [2.24, 2.45) is 0 Å². The van der Waals surface area contributed by atoms with Crippen LogP contribution in [0.25, 0.3) is 5.69 Å². The molecule has 1 atom stereocenters. The number of carbonyl (C=O) groups is 2. The summed E-state index contributed by atoms with van der Waals surface area (Å²) in [6.45, 7) is 5.11. The molecule has 2 aromatic heterocycles. The van der Waals surface area contributed by atoms with Gasteiger partial charge in [0.15, 0.2) is 0 Å². The van der Waals surface area contributed by atoms with Crippen LogP contribution >= 0.6 is 0 Å². The molecule has 1 aliphatic heterocycles. The molecule has 160 valence electrons. The number of aryl methyl sites for hydroxylation is 1. The first kappa shape index (κ1) is 20.5. The van der Waals surface area contributed by atoms with E-state index in [1.165, 1.54) is 7.11 Å². The number of benzene rings is 1. The highest BCUT2D eigenvalue weighted by atomic mass is 16.5. The summed E-state index contributed by atoms with van der Waals surface area (Å²) in [5, 5.41) is 4.35. The van der Waals surface area contributed by atoms with Gasteiger partial charge < -0.3 is 14.5 Å². The molecular weight excluding hydrogens is 396 g/mol. The summed E-state index contributed by atoms with van der Waals surface area (Å²) < 4.78 is 6.70. The van der Waals surface area contributed by atoms with Crippen LogP contribution in [-0.2, 0) is 0 Å². The van der Waals surface area contributed by atoms with Gasteiger partial charge in [-0.25, -0.2) is 14.6 Å². The minimum absolute atomic E-state index is 0.142. The highest BCUT2D eigenvalue weighted by Crippen LogP contribution is 2.17. The number of methoxy groups -OCH3 is 1. The predicted octanol–water partition coefficient (Wildman–Crippen LogP) is 1.97. The SMILES string of the molecule is COc1cccc(C(=O)N2CCN(C(=O)c3ncn(-c4cccc(C)c4)n3)CC2C)n1. The maximum absolute atomic E-state index is 12.9. The Kier molecular flexibility index (Phi) is 5.66. The molecular formula is C22H24N6O3. The van der Waals surface area contributed by atoms with E-state index in [0.29, 0.717) is 31.2 Å². The Morgan fingerprint density at radius 1 is 1.10 bits per heavy atom. The van der Waals surface area contributed by atoms with E-state index in [0.717, 1.165) is 11.3 Å². The molecule has 0 radical (unpaired) electrons. The first-order valence-electron chi connectivity index (χ1n) is 10.1. The van der Waals surface area contributed by atoms with Gasteiger partial charge in [0.1, 0.15) is 12.0 Å². The summed E-state index contributed by atoms with van der Waals surface area (Å²) in [4.78, 5) is 37.7. The van der Waals surface area contributed by atoms with Crippen LogP contribution in [0.1, 0.15) is 33.6 Å².